The highest BCUT2D eigenvalue weighted by Crippen LogP contribution is 2.23. The van der Waals surface area contributed by atoms with E-state index < -0.39 is 5.60 Å². The smallest absolute Gasteiger partial charge is 0.0823 e. The van der Waals surface area contributed by atoms with Gasteiger partial charge in [0.1, 0.15) is 0 Å². The molecule has 1 aromatic carbocycles. The van der Waals surface area contributed by atoms with Gasteiger partial charge in [-0.25, -0.2) is 0 Å². The molecule has 2 aromatic rings. The summed E-state index contributed by atoms with van der Waals surface area (Å²) in [4.78, 5) is 0. The van der Waals surface area contributed by atoms with Gasteiger partial charge in [0.2, 0.25) is 0 Å². The van der Waals surface area contributed by atoms with Gasteiger partial charge in [0.15, 0.2) is 0 Å². The maximum absolute atomic E-state index is 10.4. The fourth-order valence-corrected chi connectivity index (χ4v) is 2.68. The van der Waals surface area contributed by atoms with Crippen molar-refractivity contribution in [2.45, 2.75) is 18.4 Å². The monoisotopic (exact) mass is 230 g/mol. The summed E-state index contributed by atoms with van der Waals surface area (Å²) in [5.41, 5.74) is 1.89. The van der Waals surface area contributed by atoms with Crippen LogP contribution in [0.2, 0.25) is 0 Å². The Bertz CT molecular complexity index is 538. The average Bonchev–Trinajstić information content (AvgIpc) is 2.87. The minimum Gasteiger partial charge on any atom is -0.388 e. The maximum Gasteiger partial charge on any atom is 0.0823 e. The molecule has 1 saturated heterocycles. The fourth-order valence-electron chi connectivity index (χ4n) is 2.68. The standard InChI is InChI=1S/C14H18N2O/c1-16-7-4-12-3-2-11(8-13(12)16)9-14(17)5-6-15-10-14/h2-4,7-8,15,17H,5-6,9-10H2,1H3. The summed E-state index contributed by atoms with van der Waals surface area (Å²) < 4.78 is 2.12. The highest BCUT2D eigenvalue weighted by molar-refractivity contribution is 5.80. The number of aliphatic hydroxyl groups is 1. The lowest BCUT2D eigenvalue weighted by Gasteiger charge is -2.21. The van der Waals surface area contributed by atoms with Crippen LogP contribution in [0.5, 0.6) is 0 Å². The number of benzene rings is 1. The number of rotatable bonds is 2. The van der Waals surface area contributed by atoms with Gasteiger partial charge in [-0.2, -0.15) is 0 Å². The number of nitrogens with zero attached hydrogens (tertiary/aromatic N) is 1. The Kier molecular flexibility index (Phi) is 2.45. The maximum atomic E-state index is 10.4. The molecule has 2 N–H and O–H groups in total. The molecule has 17 heavy (non-hydrogen) atoms. The molecule has 0 saturated carbocycles. The minimum atomic E-state index is -0.557. The number of aryl methyl sites for hydroxylation is 1. The largest absolute Gasteiger partial charge is 0.388 e. The minimum absolute atomic E-state index is 0.557. The molecule has 0 radical (unpaired) electrons. The molecule has 0 spiro atoms. The Balaban J connectivity index is 1.92. The van der Waals surface area contributed by atoms with Gasteiger partial charge >= 0.3 is 0 Å². The molecular formula is C14H18N2O. The normalized spacial score (nSPS) is 24.6. The van der Waals surface area contributed by atoms with Crippen molar-refractivity contribution in [3.63, 3.8) is 0 Å². The summed E-state index contributed by atoms with van der Waals surface area (Å²) in [7, 11) is 2.05. The van der Waals surface area contributed by atoms with E-state index in [2.05, 4.69) is 47.4 Å². The zero-order valence-electron chi connectivity index (χ0n) is 10.1. The molecule has 1 unspecified atom stereocenters. The van der Waals surface area contributed by atoms with Crippen LogP contribution in [0.1, 0.15) is 12.0 Å². The number of nitrogens with one attached hydrogen (secondary N) is 1. The molecule has 3 rings (SSSR count). The van der Waals surface area contributed by atoms with Gasteiger partial charge < -0.3 is 15.0 Å². The zero-order valence-corrected chi connectivity index (χ0v) is 10.1. The third-order valence-electron chi connectivity index (χ3n) is 3.71. The first-order valence-electron chi connectivity index (χ1n) is 6.13. The van der Waals surface area contributed by atoms with Gasteiger partial charge in [-0.15, -0.1) is 0 Å². The average molecular weight is 230 g/mol. The number of hydrogen-bond acceptors (Lipinski definition) is 2. The van der Waals surface area contributed by atoms with Crippen LogP contribution in [0.15, 0.2) is 30.5 Å². The van der Waals surface area contributed by atoms with E-state index in [-0.39, 0.29) is 0 Å². The van der Waals surface area contributed by atoms with Crippen molar-refractivity contribution in [2.24, 2.45) is 7.05 Å². The summed E-state index contributed by atoms with van der Waals surface area (Å²) in [6.07, 6.45) is 3.65. The van der Waals surface area contributed by atoms with Crippen molar-refractivity contribution in [1.29, 1.82) is 0 Å². The first kappa shape index (κ1) is 10.8. The Morgan fingerprint density at radius 3 is 3.06 bits per heavy atom. The van der Waals surface area contributed by atoms with Crippen molar-refractivity contribution >= 4 is 10.9 Å². The number of β-amino-alcohol motifs (C(OH)–C–C–N with tert-alkyl or cyclic N) is 1. The van der Waals surface area contributed by atoms with Crippen LogP contribution < -0.4 is 5.32 Å². The van der Waals surface area contributed by atoms with Crippen LogP contribution in [0.3, 0.4) is 0 Å². The Morgan fingerprint density at radius 1 is 1.41 bits per heavy atom. The van der Waals surface area contributed by atoms with Crippen LogP contribution >= 0.6 is 0 Å². The molecule has 1 aliphatic heterocycles. The molecule has 1 fully saturated rings. The number of hydrogen-bond donors (Lipinski definition) is 2. The quantitative estimate of drug-likeness (QED) is 0.819. The highest BCUT2D eigenvalue weighted by Gasteiger charge is 2.30. The van der Waals surface area contributed by atoms with Crippen molar-refractivity contribution in [3.05, 3.63) is 36.0 Å². The summed E-state index contributed by atoms with van der Waals surface area (Å²) in [6, 6.07) is 8.56. The fraction of sp³-hybridized carbons (Fsp3) is 0.429. The summed E-state index contributed by atoms with van der Waals surface area (Å²) in [5, 5.41) is 14.8. The van der Waals surface area contributed by atoms with E-state index >= 15 is 0 Å². The van der Waals surface area contributed by atoms with E-state index in [1.54, 1.807) is 0 Å². The van der Waals surface area contributed by atoms with Crippen molar-refractivity contribution in [2.75, 3.05) is 13.1 Å². The predicted molar refractivity (Wildman–Crippen MR) is 69.1 cm³/mol. The van der Waals surface area contributed by atoms with E-state index in [0.29, 0.717) is 6.54 Å². The topological polar surface area (TPSA) is 37.2 Å². The van der Waals surface area contributed by atoms with Gasteiger partial charge in [-0.05, 0) is 36.0 Å². The molecular weight excluding hydrogens is 212 g/mol. The van der Waals surface area contributed by atoms with Crippen molar-refractivity contribution in [3.8, 4) is 0 Å². The van der Waals surface area contributed by atoms with Gasteiger partial charge in [0, 0.05) is 31.7 Å². The van der Waals surface area contributed by atoms with E-state index in [1.165, 1.54) is 16.5 Å². The van der Waals surface area contributed by atoms with Crippen LogP contribution in [0.25, 0.3) is 10.9 Å². The van der Waals surface area contributed by atoms with Gasteiger partial charge in [-0.3, -0.25) is 0 Å². The second kappa shape index (κ2) is 3.86. The molecule has 0 bridgehead atoms. The molecule has 1 aromatic heterocycles. The first-order chi connectivity index (χ1) is 8.16. The lowest BCUT2D eigenvalue weighted by atomic mass is 9.93. The molecule has 2 heterocycles. The Labute approximate surface area is 101 Å². The summed E-state index contributed by atoms with van der Waals surface area (Å²) in [5.74, 6) is 0. The Morgan fingerprint density at radius 2 is 2.29 bits per heavy atom. The number of aromatic nitrogens is 1. The third-order valence-corrected chi connectivity index (χ3v) is 3.71. The molecule has 1 aliphatic rings. The molecule has 3 nitrogen and oxygen atoms in total. The van der Waals surface area contributed by atoms with Gasteiger partial charge in [-0.1, -0.05) is 12.1 Å². The van der Waals surface area contributed by atoms with E-state index in [9.17, 15) is 5.11 Å². The third kappa shape index (κ3) is 1.96. The molecule has 0 amide bonds. The second-order valence-electron chi connectivity index (χ2n) is 5.15. The summed E-state index contributed by atoms with van der Waals surface area (Å²) >= 11 is 0. The van der Waals surface area contributed by atoms with Gasteiger partial charge in [0.25, 0.3) is 0 Å². The molecule has 1 atom stereocenters. The van der Waals surface area contributed by atoms with Crippen LogP contribution in [0.4, 0.5) is 0 Å². The van der Waals surface area contributed by atoms with Crippen LogP contribution in [-0.4, -0.2) is 28.4 Å². The molecule has 0 aliphatic carbocycles. The van der Waals surface area contributed by atoms with Crippen LogP contribution in [0, 0.1) is 0 Å². The molecule has 3 heteroatoms. The van der Waals surface area contributed by atoms with Crippen molar-refractivity contribution < 1.29 is 5.11 Å². The zero-order chi connectivity index (χ0) is 11.9. The number of fused-ring (bicyclic) bond motifs is 1. The summed E-state index contributed by atoms with van der Waals surface area (Å²) in [6.45, 7) is 1.63. The first-order valence-corrected chi connectivity index (χ1v) is 6.13. The lowest BCUT2D eigenvalue weighted by molar-refractivity contribution is 0.0619. The SMILES string of the molecule is Cn1ccc2ccc(CC3(O)CCNC3)cc21. The predicted octanol–water partition coefficient (Wildman–Crippen LogP) is 1.45. The van der Waals surface area contributed by atoms with Crippen molar-refractivity contribution in [1.82, 2.24) is 9.88 Å². The Hall–Kier alpha value is -1.32. The van der Waals surface area contributed by atoms with Crippen LogP contribution in [-0.2, 0) is 13.5 Å². The van der Waals surface area contributed by atoms with Gasteiger partial charge in [0.05, 0.1) is 5.60 Å². The highest BCUT2D eigenvalue weighted by atomic mass is 16.3. The lowest BCUT2D eigenvalue weighted by Crippen LogP contribution is -2.33. The van der Waals surface area contributed by atoms with E-state index in [0.717, 1.165) is 19.4 Å². The second-order valence-corrected chi connectivity index (χ2v) is 5.15. The molecule has 90 valence electrons. The van der Waals surface area contributed by atoms with E-state index in [4.69, 9.17) is 0 Å². The van der Waals surface area contributed by atoms with E-state index in [1.807, 2.05) is 0 Å².